The third-order valence-electron chi connectivity index (χ3n) is 4.06. The maximum Gasteiger partial charge on any atom is 0.272 e. The van der Waals surface area contributed by atoms with Crippen LogP contribution in [0.25, 0.3) is 10.6 Å². The van der Waals surface area contributed by atoms with E-state index in [9.17, 15) is 4.79 Å². The third kappa shape index (κ3) is 4.44. The van der Waals surface area contributed by atoms with Crippen molar-refractivity contribution in [3.8, 4) is 16.3 Å². The van der Waals surface area contributed by atoms with Gasteiger partial charge in [0.1, 0.15) is 12.4 Å². The minimum Gasteiger partial charge on any atom is -0.487 e. The fourth-order valence-electron chi connectivity index (χ4n) is 2.65. The average molecular weight is 390 g/mol. The molecule has 28 heavy (non-hydrogen) atoms. The molecule has 0 unspecified atom stereocenters. The molecule has 0 radical (unpaired) electrons. The number of nitrogens with one attached hydrogen (secondary N) is 2. The summed E-state index contributed by atoms with van der Waals surface area (Å²) in [6.45, 7) is 0.788. The van der Waals surface area contributed by atoms with Crippen LogP contribution < -0.4 is 10.1 Å². The van der Waals surface area contributed by atoms with Crippen LogP contribution >= 0.6 is 11.3 Å². The molecule has 0 bridgehead atoms. The summed E-state index contributed by atoms with van der Waals surface area (Å²) in [5.74, 6) is 0.510. The summed E-state index contributed by atoms with van der Waals surface area (Å²) in [5.41, 5.74) is 3.01. The van der Waals surface area contributed by atoms with Gasteiger partial charge >= 0.3 is 0 Å². The van der Waals surface area contributed by atoms with E-state index in [1.807, 2.05) is 60.0 Å². The molecule has 1 aromatic carbocycles. The molecule has 140 valence electrons. The number of aromatic amines is 1. The van der Waals surface area contributed by atoms with Crippen LogP contribution in [0.1, 0.15) is 21.7 Å². The largest absolute Gasteiger partial charge is 0.487 e. The van der Waals surface area contributed by atoms with Gasteiger partial charge in [-0.05, 0) is 47.3 Å². The number of rotatable bonds is 7. The lowest BCUT2D eigenvalue weighted by Crippen LogP contribution is -2.23. The van der Waals surface area contributed by atoms with E-state index < -0.39 is 0 Å². The van der Waals surface area contributed by atoms with Crippen molar-refractivity contribution in [3.63, 3.8) is 0 Å². The zero-order chi connectivity index (χ0) is 19.2. The molecule has 0 saturated carbocycles. The highest BCUT2D eigenvalue weighted by Gasteiger charge is 2.12. The molecule has 0 atom stereocenters. The van der Waals surface area contributed by atoms with Gasteiger partial charge in [0.05, 0.1) is 16.3 Å². The number of ether oxygens (including phenoxy) is 1. The van der Waals surface area contributed by atoms with Gasteiger partial charge in [-0.25, -0.2) is 0 Å². The van der Waals surface area contributed by atoms with Crippen LogP contribution in [0, 0.1) is 0 Å². The van der Waals surface area contributed by atoms with Crippen molar-refractivity contribution in [2.45, 2.75) is 13.2 Å². The van der Waals surface area contributed by atoms with Crippen molar-refractivity contribution in [3.05, 3.63) is 89.2 Å². The Morgan fingerprint density at radius 1 is 1.11 bits per heavy atom. The lowest BCUT2D eigenvalue weighted by atomic mass is 10.2. The van der Waals surface area contributed by atoms with Gasteiger partial charge in [-0.3, -0.25) is 14.9 Å². The van der Waals surface area contributed by atoms with Gasteiger partial charge in [0.2, 0.25) is 0 Å². The SMILES string of the molecule is O=C(NCc1cccc(OCc2ccccn2)c1)c1cc(-c2cccs2)[nH]n1. The number of aromatic nitrogens is 3. The summed E-state index contributed by atoms with van der Waals surface area (Å²) >= 11 is 1.59. The molecule has 3 heterocycles. The Hall–Kier alpha value is -3.45. The normalized spacial score (nSPS) is 10.6. The monoisotopic (exact) mass is 390 g/mol. The number of H-pyrrole nitrogens is 1. The molecule has 0 aliphatic rings. The van der Waals surface area contributed by atoms with Crippen molar-refractivity contribution >= 4 is 17.2 Å². The van der Waals surface area contributed by atoms with E-state index in [0.717, 1.165) is 27.6 Å². The summed E-state index contributed by atoms with van der Waals surface area (Å²) < 4.78 is 5.78. The topological polar surface area (TPSA) is 79.9 Å². The average Bonchev–Trinajstić information content (AvgIpc) is 3.43. The van der Waals surface area contributed by atoms with Crippen molar-refractivity contribution in [1.29, 1.82) is 0 Å². The Kier molecular flexibility index (Phi) is 5.44. The molecule has 0 fully saturated rings. The van der Waals surface area contributed by atoms with E-state index in [4.69, 9.17) is 4.74 Å². The molecule has 0 spiro atoms. The Bertz CT molecular complexity index is 1050. The molecule has 1 amide bonds. The van der Waals surface area contributed by atoms with Crippen molar-refractivity contribution in [2.75, 3.05) is 0 Å². The second-order valence-electron chi connectivity index (χ2n) is 6.08. The predicted molar refractivity (Wildman–Crippen MR) is 108 cm³/mol. The van der Waals surface area contributed by atoms with Crippen molar-refractivity contribution in [2.24, 2.45) is 0 Å². The number of hydrogen-bond donors (Lipinski definition) is 2. The lowest BCUT2D eigenvalue weighted by molar-refractivity contribution is 0.0946. The first-order chi connectivity index (χ1) is 13.8. The minimum absolute atomic E-state index is 0.223. The number of carbonyl (C=O) groups is 1. The van der Waals surface area contributed by atoms with E-state index in [1.165, 1.54) is 0 Å². The van der Waals surface area contributed by atoms with Crippen molar-refractivity contribution < 1.29 is 9.53 Å². The first kappa shape index (κ1) is 17.9. The summed E-state index contributed by atoms with van der Waals surface area (Å²) in [6.07, 6.45) is 1.74. The maximum atomic E-state index is 12.4. The Labute approximate surface area is 166 Å². The molecule has 7 heteroatoms. The second-order valence-corrected chi connectivity index (χ2v) is 7.03. The van der Waals surface area contributed by atoms with Crippen LogP contribution in [0.4, 0.5) is 0 Å². The Morgan fingerprint density at radius 2 is 2.07 bits per heavy atom. The van der Waals surface area contributed by atoms with Crippen LogP contribution in [0.2, 0.25) is 0 Å². The molecule has 6 nitrogen and oxygen atoms in total. The van der Waals surface area contributed by atoms with Gasteiger partial charge in [-0.2, -0.15) is 5.10 Å². The Morgan fingerprint density at radius 3 is 2.89 bits per heavy atom. The number of benzene rings is 1. The summed E-state index contributed by atoms with van der Waals surface area (Å²) in [5, 5.41) is 11.9. The minimum atomic E-state index is -0.223. The number of carbonyl (C=O) groups excluding carboxylic acids is 1. The Balaban J connectivity index is 1.34. The molecular weight excluding hydrogens is 372 g/mol. The van der Waals surface area contributed by atoms with Gasteiger partial charge in [0.15, 0.2) is 5.69 Å². The predicted octanol–water partition coefficient (Wildman–Crippen LogP) is 4.04. The highest BCUT2D eigenvalue weighted by Crippen LogP contribution is 2.23. The highest BCUT2D eigenvalue weighted by molar-refractivity contribution is 7.13. The van der Waals surface area contributed by atoms with E-state index in [1.54, 1.807) is 23.6 Å². The van der Waals surface area contributed by atoms with E-state index >= 15 is 0 Å². The third-order valence-corrected chi connectivity index (χ3v) is 4.96. The number of pyridine rings is 1. The highest BCUT2D eigenvalue weighted by atomic mass is 32.1. The van der Waals surface area contributed by atoms with E-state index in [0.29, 0.717) is 18.8 Å². The molecule has 0 aliphatic heterocycles. The zero-order valence-electron chi connectivity index (χ0n) is 15.0. The van der Waals surface area contributed by atoms with Crippen LogP contribution in [0.15, 0.2) is 72.2 Å². The van der Waals surface area contributed by atoms with Gasteiger partial charge in [0.25, 0.3) is 5.91 Å². The number of amides is 1. The summed E-state index contributed by atoms with van der Waals surface area (Å²) in [7, 11) is 0. The number of hydrogen-bond acceptors (Lipinski definition) is 5. The molecule has 3 aromatic heterocycles. The molecule has 0 saturated heterocycles. The molecule has 0 aliphatic carbocycles. The first-order valence-corrected chi connectivity index (χ1v) is 9.65. The van der Waals surface area contributed by atoms with Crippen LogP contribution in [0.3, 0.4) is 0 Å². The van der Waals surface area contributed by atoms with Crippen molar-refractivity contribution in [1.82, 2.24) is 20.5 Å². The van der Waals surface area contributed by atoms with Gasteiger partial charge < -0.3 is 10.1 Å². The van der Waals surface area contributed by atoms with E-state index in [-0.39, 0.29) is 5.91 Å². The lowest BCUT2D eigenvalue weighted by Gasteiger charge is -2.08. The fourth-order valence-corrected chi connectivity index (χ4v) is 3.35. The molecule has 4 rings (SSSR count). The standard InChI is InChI=1S/C21H18N4O2S/c26-21(19-12-18(24-25-19)20-8-4-10-28-20)23-13-15-5-3-7-17(11-15)27-14-16-6-1-2-9-22-16/h1-12H,13-14H2,(H,23,26)(H,24,25). The van der Waals surface area contributed by atoms with Gasteiger partial charge in [-0.15, -0.1) is 11.3 Å². The summed E-state index contributed by atoms with van der Waals surface area (Å²) in [4.78, 5) is 17.7. The van der Waals surface area contributed by atoms with Crippen LogP contribution in [-0.2, 0) is 13.2 Å². The fraction of sp³-hybridized carbons (Fsp3) is 0.0952. The van der Waals surface area contributed by atoms with Gasteiger partial charge in [-0.1, -0.05) is 24.3 Å². The summed E-state index contributed by atoms with van der Waals surface area (Å²) in [6, 6.07) is 19.0. The second kappa shape index (κ2) is 8.49. The van der Waals surface area contributed by atoms with Crippen LogP contribution in [0.5, 0.6) is 5.75 Å². The smallest absolute Gasteiger partial charge is 0.272 e. The molecular formula is C21H18N4O2S. The maximum absolute atomic E-state index is 12.4. The zero-order valence-corrected chi connectivity index (χ0v) is 15.8. The quantitative estimate of drug-likeness (QED) is 0.499. The molecule has 4 aromatic rings. The van der Waals surface area contributed by atoms with E-state index in [2.05, 4.69) is 20.5 Å². The number of nitrogens with zero attached hydrogens (tertiary/aromatic N) is 2. The first-order valence-electron chi connectivity index (χ1n) is 8.77. The number of thiophene rings is 1. The van der Waals surface area contributed by atoms with Crippen LogP contribution in [-0.4, -0.2) is 21.1 Å². The molecule has 2 N–H and O–H groups in total. The van der Waals surface area contributed by atoms with Gasteiger partial charge in [0, 0.05) is 12.7 Å².